The van der Waals surface area contributed by atoms with E-state index in [1.807, 2.05) is 0 Å². The average Bonchev–Trinajstić information content (AvgIpc) is 2.55. The highest BCUT2D eigenvalue weighted by molar-refractivity contribution is 5.76. The number of carbonyl (C=O) groups excluding carboxylic acids is 1. The second-order valence-corrected chi connectivity index (χ2v) is 6.94. The summed E-state index contributed by atoms with van der Waals surface area (Å²) in [4.78, 5) is 17.0. The van der Waals surface area contributed by atoms with Crippen LogP contribution < -0.4 is 0 Å². The highest BCUT2D eigenvalue weighted by Crippen LogP contribution is 2.21. The van der Waals surface area contributed by atoms with Crippen molar-refractivity contribution in [2.45, 2.75) is 77.3 Å². The summed E-state index contributed by atoms with van der Waals surface area (Å²) in [7, 11) is 0. The first-order valence-electron chi connectivity index (χ1n) is 9.33. The largest absolute Gasteiger partial charge is 0.379 e. The predicted octanol–water partition coefficient (Wildman–Crippen LogP) is 3.06. The van der Waals surface area contributed by atoms with Crippen molar-refractivity contribution >= 4 is 5.91 Å². The van der Waals surface area contributed by atoms with E-state index in [1.54, 1.807) is 0 Å². The van der Waals surface area contributed by atoms with Gasteiger partial charge < -0.3 is 9.64 Å². The monoisotopic (exact) mass is 310 g/mol. The number of likely N-dealkylation sites (tertiary alicyclic amines) is 1. The fourth-order valence-corrected chi connectivity index (χ4v) is 3.77. The summed E-state index contributed by atoms with van der Waals surface area (Å²) in [6.07, 6.45) is 9.14. The first kappa shape index (κ1) is 17.7. The van der Waals surface area contributed by atoms with Crippen molar-refractivity contribution in [3.63, 3.8) is 0 Å². The van der Waals surface area contributed by atoms with E-state index in [9.17, 15) is 4.79 Å². The van der Waals surface area contributed by atoms with Gasteiger partial charge in [-0.1, -0.05) is 32.6 Å². The Morgan fingerprint density at radius 2 is 1.82 bits per heavy atom. The zero-order chi connectivity index (χ0) is 15.8. The Bertz CT molecular complexity index is 327. The molecule has 2 aliphatic rings. The van der Waals surface area contributed by atoms with Crippen LogP contribution >= 0.6 is 0 Å². The molecule has 0 aliphatic carbocycles. The molecule has 2 fully saturated rings. The number of morpholine rings is 1. The second-order valence-electron chi connectivity index (χ2n) is 6.94. The molecule has 22 heavy (non-hydrogen) atoms. The Balaban J connectivity index is 1.64. The lowest BCUT2D eigenvalue weighted by Gasteiger charge is -2.43. The van der Waals surface area contributed by atoms with E-state index in [-0.39, 0.29) is 0 Å². The number of piperidine rings is 1. The molecule has 0 bridgehead atoms. The Morgan fingerprint density at radius 1 is 1.09 bits per heavy atom. The number of rotatable bonds is 7. The number of unbranched alkanes of at least 4 members (excludes halogenated alkanes) is 4. The molecule has 4 nitrogen and oxygen atoms in total. The standard InChI is InChI=1S/C18H34N2O2/c1-3-4-5-6-7-8-18(21)19-11-9-17(10-12-19)20-13-14-22-15-16(20)2/h16-17H,3-15H2,1-2H3. The molecule has 2 heterocycles. The van der Waals surface area contributed by atoms with Gasteiger partial charge in [0.1, 0.15) is 0 Å². The van der Waals surface area contributed by atoms with E-state index >= 15 is 0 Å². The maximum absolute atomic E-state index is 12.3. The summed E-state index contributed by atoms with van der Waals surface area (Å²) in [6, 6.07) is 1.17. The predicted molar refractivity (Wildman–Crippen MR) is 90.0 cm³/mol. The molecule has 1 amide bonds. The summed E-state index contributed by atoms with van der Waals surface area (Å²) in [5.74, 6) is 0.380. The molecule has 2 rings (SSSR count). The number of carbonyl (C=O) groups is 1. The molecular weight excluding hydrogens is 276 g/mol. The minimum Gasteiger partial charge on any atom is -0.379 e. The molecule has 0 aromatic rings. The van der Waals surface area contributed by atoms with E-state index < -0.39 is 0 Å². The second kappa shape index (κ2) is 9.51. The molecule has 1 atom stereocenters. The van der Waals surface area contributed by atoms with Gasteiger partial charge in [0.15, 0.2) is 0 Å². The van der Waals surface area contributed by atoms with Crippen LogP contribution in [0.15, 0.2) is 0 Å². The molecule has 128 valence electrons. The van der Waals surface area contributed by atoms with Crippen LogP contribution in [-0.4, -0.2) is 60.6 Å². The average molecular weight is 310 g/mol. The van der Waals surface area contributed by atoms with Gasteiger partial charge in [-0.15, -0.1) is 0 Å². The van der Waals surface area contributed by atoms with Gasteiger partial charge in [0.2, 0.25) is 5.91 Å². The van der Waals surface area contributed by atoms with E-state index in [1.165, 1.54) is 25.7 Å². The Morgan fingerprint density at radius 3 is 2.50 bits per heavy atom. The van der Waals surface area contributed by atoms with Crippen LogP contribution in [0.4, 0.5) is 0 Å². The van der Waals surface area contributed by atoms with E-state index in [2.05, 4.69) is 23.6 Å². The van der Waals surface area contributed by atoms with Crippen molar-refractivity contribution in [2.24, 2.45) is 0 Å². The van der Waals surface area contributed by atoms with Crippen LogP contribution in [0.1, 0.15) is 65.2 Å². The summed E-state index contributed by atoms with van der Waals surface area (Å²) < 4.78 is 5.53. The first-order chi connectivity index (χ1) is 10.7. The van der Waals surface area contributed by atoms with Crippen LogP contribution in [0.5, 0.6) is 0 Å². The summed E-state index contributed by atoms with van der Waals surface area (Å²) in [5.41, 5.74) is 0. The molecule has 0 spiro atoms. The highest BCUT2D eigenvalue weighted by atomic mass is 16.5. The third kappa shape index (κ3) is 5.24. The van der Waals surface area contributed by atoms with Gasteiger partial charge in [-0.25, -0.2) is 0 Å². The van der Waals surface area contributed by atoms with E-state index in [4.69, 9.17) is 4.74 Å². The number of ether oxygens (including phenoxy) is 1. The normalized spacial score (nSPS) is 24.6. The number of nitrogens with zero attached hydrogens (tertiary/aromatic N) is 2. The third-order valence-corrected chi connectivity index (χ3v) is 5.20. The van der Waals surface area contributed by atoms with Crippen molar-refractivity contribution in [3.05, 3.63) is 0 Å². The van der Waals surface area contributed by atoms with Gasteiger partial charge in [0.05, 0.1) is 13.2 Å². The van der Waals surface area contributed by atoms with Crippen LogP contribution in [0.25, 0.3) is 0 Å². The highest BCUT2D eigenvalue weighted by Gasteiger charge is 2.30. The molecule has 2 aliphatic heterocycles. The topological polar surface area (TPSA) is 32.8 Å². The lowest BCUT2D eigenvalue weighted by Crippen LogP contribution is -2.53. The fraction of sp³-hybridized carbons (Fsp3) is 0.944. The molecular formula is C18H34N2O2. The summed E-state index contributed by atoms with van der Waals surface area (Å²) in [6.45, 7) is 9.15. The molecule has 0 N–H and O–H groups in total. The molecule has 0 radical (unpaired) electrons. The van der Waals surface area contributed by atoms with E-state index in [0.29, 0.717) is 18.0 Å². The van der Waals surface area contributed by atoms with Crippen molar-refractivity contribution in [1.82, 2.24) is 9.80 Å². The van der Waals surface area contributed by atoms with Gasteiger partial charge in [0, 0.05) is 38.1 Å². The zero-order valence-electron chi connectivity index (χ0n) is 14.6. The Hall–Kier alpha value is -0.610. The van der Waals surface area contributed by atoms with Crippen molar-refractivity contribution in [2.75, 3.05) is 32.8 Å². The maximum atomic E-state index is 12.3. The zero-order valence-corrected chi connectivity index (χ0v) is 14.6. The fourth-order valence-electron chi connectivity index (χ4n) is 3.77. The van der Waals surface area contributed by atoms with Crippen molar-refractivity contribution in [1.29, 1.82) is 0 Å². The molecule has 0 aromatic carbocycles. The van der Waals surface area contributed by atoms with Crippen LogP contribution in [0.3, 0.4) is 0 Å². The smallest absolute Gasteiger partial charge is 0.222 e. The molecule has 0 saturated carbocycles. The number of amides is 1. The summed E-state index contributed by atoms with van der Waals surface area (Å²) in [5, 5.41) is 0. The van der Waals surface area contributed by atoms with Crippen LogP contribution in [0.2, 0.25) is 0 Å². The van der Waals surface area contributed by atoms with Crippen molar-refractivity contribution < 1.29 is 9.53 Å². The van der Waals surface area contributed by atoms with Crippen LogP contribution in [-0.2, 0) is 9.53 Å². The molecule has 2 saturated heterocycles. The van der Waals surface area contributed by atoms with Crippen molar-refractivity contribution in [3.8, 4) is 0 Å². The molecule has 1 unspecified atom stereocenters. The lowest BCUT2D eigenvalue weighted by molar-refractivity contribution is -0.133. The Labute approximate surface area is 136 Å². The van der Waals surface area contributed by atoms with Gasteiger partial charge in [-0.2, -0.15) is 0 Å². The molecule has 0 aromatic heterocycles. The maximum Gasteiger partial charge on any atom is 0.222 e. The third-order valence-electron chi connectivity index (χ3n) is 5.20. The minimum absolute atomic E-state index is 0.380. The van der Waals surface area contributed by atoms with Gasteiger partial charge >= 0.3 is 0 Å². The van der Waals surface area contributed by atoms with Crippen LogP contribution in [0, 0.1) is 0 Å². The van der Waals surface area contributed by atoms with Gasteiger partial charge in [-0.05, 0) is 26.2 Å². The van der Waals surface area contributed by atoms with Gasteiger partial charge in [0.25, 0.3) is 0 Å². The number of hydrogen-bond acceptors (Lipinski definition) is 3. The Kier molecular flexibility index (Phi) is 7.67. The SMILES string of the molecule is CCCCCCCC(=O)N1CCC(N2CCOCC2C)CC1. The van der Waals surface area contributed by atoms with E-state index in [0.717, 1.165) is 58.5 Å². The lowest BCUT2D eigenvalue weighted by atomic mass is 10.00. The number of hydrogen-bond donors (Lipinski definition) is 0. The minimum atomic E-state index is 0.380. The quantitative estimate of drug-likeness (QED) is 0.678. The van der Waals surface area contributed by atoms with Gasteiger partial charge in [-0.3, -0.25) is 9.69 Å². The summed E-state index contributed by atoms with van der Waals surface area (Å²) >= 11 is 0. The molecule has 4 heteroatoms. The first-order valence-corrected chi connectivity index (χ1v) is 9.33.